The fourth-order valence-corrected chi connectivity index (χ4v) is 2.92. The lowest BCUT2D eigenvalue weighted by atomic mass is 10.0. The molecule has 2 aromatic carbocycles. The Bertz CT molecular complexity index is 930. The highest BCUT2D eigenvalue weighted by Crippen LogP contribution is 2.28. The van der Waals surface area contributed by atoms with Gasteiger partial charge in [0.15, 0.2) is 0 Å². The summed E-state index contributed by atoms with van der Waals surface area (Å²) in [7, 11) is 2.96. The van der Waals surface area contributed by atoms with Crippen LogP contribution >= 0.6 is 0 Å². The molecule has 0 fully saturated rings. The number of carbonyl (C=O) groups is 1. The summed E-state index contributed by atoms with van der Waals surface area (Å²) in [6.45, 7) is 2.06. The lowest BCUT2D eigenvalue weighted by molar-refractivity contribution is -0.159. The maximum absolute atomic E-state index is 11.7. The van der Waals surface area contributed by atoms with Gasteiger partial charge < -0.3 is 4.74 Å². The molecular formula is C21H23N3O3. The Hall–Kier alpha value is -3.12. The minimum atomic E-state index is -0.341. The quantitative estimate of drug-likeness (QED) is 0.535. The maximum atomic E-state index is 11.7. The number of hydrogen-bond donors (Lipinski definition) is 1. The third kappa shape index (κ3) is 4.17. The SMILES string of the molecule is COc1ccc(-n2nc(CCC(=O)N(C)O)cc2-c2ccccc2C)cc1. The van der Waals surface area contributed by atoms with Crippen molar-refractivity contribution < 1.29 is 14.7 Å². The summed E-state index contributed by atoms with van der Waals surface area (Å²) >= 11 is 0. The minimum Gasteiger partial charge on any atom is -0.497 e. The summed E-state index contributed by atoms with van der Waals surface area (Å²) in [5.41, 5.74) is 4.88. The molecule has 1 aromatic heterocycles. The van der Waals surface area contributed by atoms with Crippen LogP contribution in [0.2, 0.25) is 0 Å². The van der Waals surface area contributed by atoms with Crippen molar-refractivity contribution in [2.24, 2.45) is 0 Å². The number of aromatic nitrogens is 2. The van der Waals surface area contributed by atoms with Crippen molar-refractivity contribution in [3.63, 3.8) is 0 Å². The smallest absolute Gasteiger partial charge is 0.246 e. The van der Waals surface area contributed by atoms with Gasteiger partial charge in [0.2, 0.25) is 5.91 Å². The van der Waals surface area contributed by atoms with Crippen LogP contribution in [-0.4, -0.2) is 40.1 Å². The summed E-state index contributed by atoms with van der Waals surface area (Å²) in [6, 6.07) is 17.8. The van der Waals surface area contributed by atoms with Crippen LogP contribution in [0.3, 0.4) is 0 Å². The highest BCUT2D eigenvalue weighted by atomic mass is 16.5. The van der Waals surface area contributed by atoms with E-state index in [1.54, 1.807) is 7.11 Å². The second-order valence-corrected chi connectivity index (χ2v) is 6.36. The van der Waals surface area contributed by atoms with Gasteiger partial charge in [0.25, 0.3) is 0 Å². The van der Waals surface area contributed by atoms with Crippen LogP contribution in [0.5, 0.6) is 5.75 Å². The minimum absolute atomic E-state index is 0.194. The fraction of sp³-hybridized carbons (Fsp3) is 0.238. The largest absolute Gasteiger partial charge is 0.497 e. The average molecular weight is 365 g/mol. The molecule has 0 spiro atoms. The molecule has 0 aliphatic rings. The van der Waals surface area contributed by atoms with E-state index in [1.807, 2.05) is 47.1 Å². The lowest BCUT2D eigenvalue weighted by Gasteiger charge is -2.10. The van der Waals surface area contributed by atoms with Gasteiger partial charge in [-0.05, 0) is 42.8 Å². The van der Waals surface area contributed by atoms with Crippen molar-refractivity contribution in [1.29, 1.82) is 0 Å². The van der Waals surface area contributed by atoms with Crippen LogP contribution < -0.4 is 4.74 Å². The van der Waals surface area contributed by atoms with Gasteiger partial charge in [0.05, 0.1) is 24.2 Å². The number of aryl methyl sites for hydroxylation is 2. The van der Waals surface area contributed by atoms with Crippen molar-refractivity contribution in [3.05, 3.63) is 65.9 Å². The maximum Gasteiger partial charge on any atom is 0.246 e. The summed E-state index contributed by atoms with van der Waals surface area (Å²) in [5, 5.41) is 14.6. The molecule has 0 bridgehead atoms. The number of hydroxylamine groups is 2. The Labute approximate surface area is 158 Å². The Morgan fingerprint density at radius 2 is 1.89 bits per heavy atom. The molecule has 0 saturated carbocycles. The van der Waals surface area contributed by atoms with Crippen molar-refractivity contribution in [2.75, 3.05) is 14.2 Å². The van der Waals surface area contributed by atoms with Gasteiger partial charge in [0.1, 0.15) is 5.75 Å². The van der Waals surface area contributed by atoms with Crippen LogP contribution in [0.25, 0.3) is 16.9 Å². The summed E-state index contributed by atoms with van der Waals surface area (Å²) < 4.78 is 7.12. The first-order valence-electron chi connectivity index (χ1n) is 8.74. The molecule has 3 rings (SSSR count). The highest BCUT2D eigenvalue weighted by Gasteiger charge is 2.15. The zero-order valence-corrected chi connectivity index (χ0v) is 15.7. The Kier molecular flexibility index (Phi) is 5.57. The molecule has 6 heteroatoms. The molecule has 0 saturated heterocycles. The van der Waals surface area contributed by atoms with E-state index in [0.29, 0.717) is 11.5 Å². The molecule has 27 heavy (non-hydrogen) atoms. The molecule has 0 aliphatic carbocycles. The Balaban J connectivity index is 2.01. The number of carbonyl (C=O) groups excluding carboxylic acids is 1. The lowest BCUT2D eigenvalue weighted by Crippen LogP contribution is -2.22. The summed E-state index contributed by atoms with van der Waals surface area (Å²) in [5.74, 6) is 0.437. The van der Waals surface area contributed by atoms with Gasteiger partial charge in [0, 0.05) is 25.5 Å². The van der Waals surface area contributed by atoms with Crippen molar-refractivity contribution >= 4 is 5.91 Å². The van der Waals surface area contributed by atoms with Crippen LogP contribution in [0.1, 0.15) is 17.7 Å². The number of methoxy groups -OCH3 is 1. The number of nitrogens with zero attached hydrogens (tertiary/aromatic N) is 3. The van der Waals surface area contributed by atoms with E-state index in [1.165, 1.54) is 7.05 Å². The second-order valence-electron chi connectivity index (χ2n) is 6.36. The van der Waals surface area contributed by atoms with Gasteiger partial charge >= 0.3 is 0 Å². The summed E-state index contributed by atoms with van der Waals surface area (Å²) in [6.07, 6.45) is 0.644. The molecule has 0 aliphatic heterocycles. The van der Waals surface area contributed by atoms with E-state index in [9.17, 15) is 10.0 Å². The highest BCUT2D eigenvalue weighted by molar-refractivity contribution is 5.75. The van der Waals surface area contributed by atoms with Gasteiger partial charge in [-0.15, -0.1) is 0 Å². The molecule has 1 N–H and O–H groups in total. The number of ether oxygens (including phenoxy) is 1. The molecule has 3 aromatic rings. The van der Waals surface area contributed by atoms with Crippen LogP contribution in [0.4, 0.5) is 0 Å². The average Bonchev–Trinajstić information content (AvgIpc) is 3.10. The van der Waals surface area contributed by atoms with E-state index in [4.69, 9.17) is 9.84 Å². The van der Waals surface area contributed by atoms with E-state index in [2.05, 4.69) is 19.1 Å². The number of amides is 1. The Morgan fingerprint density at radius 1 is 1.19 bits per heavy atom. The van der Waals surface area contributed by atoms with Gasteiger partial charge in [-0.25, -0.2) is 9.75 Å². The van der Waals surface area contributed by atoms with Gasteiger partial charge in [-0.3, -0.25) is 10.0 Å². The summed E-state index contributed by atoms with van der Waals surface area (Å²) in [4.78, 5) is 11.7. The van der Waals surface area contributed by atoms with E-state index >= 15 is 0 Å². The van der Waals surface area contributed by atoms with Crippen LogP contribution in [0.15, 0.2) is 54.6 Å². The number of benzene rings is 2. The first-order chi connectivity index (χ1) is 13.0. The monoisotopic (exact) mass is 365 g/mol. The zero-order valence-electron chi connectivity index (χ0n) is 15.7. The van der Waals surface area contributed by atoms with Gasteiger partial charge in [-0.2, -0.15) is 5.10 Å². The van der Waals surface area contributed by atoms with Crippen molar-refractivity contribution in [2.45, 2.75) is 19.8 Å². The molecular weight excluding hydrogens is 342 g/mol. The standard InChI is InChI=1S/C21H23N3O3/c1-15-6-4-5-7-19(15)20-14-16(8-13-21(25)23(2)26)22-24(20)17-9-11-18(27-3)12-10-17/h4-7,9-12,14,26H,8,13H2,1-3H3. The molecule has 0 atom stereocenters. The molecule has 0 unspecified atom stereocenters. The molecule has 140 valence electrons. The Morgan fingerprint density at radius 3 is 2.52 bits per heavy atom. The third-order valence-electron chi connectivity index (χ3n) is 4.45. The van der Waals surface area contributed by atoms with Crippen LogP contribution in [0, 0.1) is 6.92 Å². The third-order valence-corrected chi connectivity index (χ3v) is 4.45. The van der Waals surface area contributed by atoms with Crippen molar-refractivity contribution in [1.82, 2.24) is 14.8 Å². The predicted molar refractivity (Wildman–Crippen MR) is 103 cm³/mol. The normalized spacial score (nSPS) is 10.7. The topological polar surface area (TPSA) is 67.6 Å². The van der Waals surface area contributed by atoms with Crippen molar-refractivity contribution in [3.8, 4) is 22.7 Å². The second kappa shape index (κ2) is 8.05. The van der Waals surface area contributed by atoms with E-state index in [-0.39, 0.29) is 12.3 Å². The molecule has 0 radical (unpaired) electrons. The number of hydrogen-bond acceptors (Lipinski definition) is 4. The predicted octanol–water partition coefficient (Wildman–Crippen LogP) is 3.64. The molecule has 1 amide bonds. The fourth-order valence-electron chi connectivity index (χ4n) is 2.92. The first kappa shape index (κ1) is 18.7. The number of rotatable bonds is 6. The van der Waals surface area contributed by atoms with Crippen LogP contribution in [-0.2, 0) is 11.2 Å². The molecule has 1 heterocycles. The molecule has 6 nitrogen and oxygen atoms in total. The first-order valence-corrected chi connectivity index (χ1v) is 8.74. The van der Waals surface area contributed by atoms with Gasteiger partial charge in [-0.1, -0.05) is 24.3 Å². The van der Waals surface area contributed by atoms with E-state index < -0.39 is 0 Å². The van der Waals surface area contributed by atoms with E-state index in [0.717, 1.165) is 34.0 Å². The zero-order chi connectivity index (χ0) is 19.4.